The first-order chi connectivity index (χ1) is 9.54. The molecule has 2 rings (SSSR count). The second kappa shape index (κ2) is 6.18. The highest BCUT2D eigenvalue weighted by atomic mass is 16.5. The summed E-state index contributed by atoms with van der Waals surface area (Å²) in [6.07, 6.45) is 1.42. The summed E-state index contributed by atoms with van der Waals surface area (Å²) in [7, 11) is 1.70. The highest BCUT2D eigenvalue weighted by Gasteiger charge is 2.11. The fourth-order valence-corrected chi connectivity index (χ4v) is 1.89. The van der Waals surface area contributed by atoms with Gasteiger partial charge in [-0.15, -0.1) is 0 Å². The number of amides is 1. The number of nitrogens with one attached hydrogen (secondary N) is 1. The largest absolute Gasteiger partial charge is 0.484 e. The topological polar surface area (TPSA) is 71.1 Å². The summed E-state index contributed by atoms with van der Waals surface area (Å²) >= 11 is 0. The van der Waals surface area contributed by atoms with Crippen molar-refractivity contribution in [3.8, 4) is 5.75 Å². The fourth-order valence-electron chi connectivity index (χ4n) is 1.89. The van der Waals surface area contributed by atoms with Gasteiger partial charge in [-0.25, -0.2) is 4.98 Å². The summed E-state index contributed by atoms with van der Waals surface area (Å²) in [5, 5.41) is 6.46. The molecule has 0 aliphatic rings. The van der Waals surface area contributed by atoms with Gasteiger partial charge in [-0.05, 0) is 37.1 Å². The zero-order valence-electron chi connectivity index (χ0n) is 11.9. The Labute approximate surface area is 117 Å². The van der Waals surface area contributed by atoms with Crippen LogP contribution in [0.1, 0.15) is 17.0 Å². The molecular formula is C14H18N4O2. The molecule has 6 heteroatoms. The van der Waals surface area contributed by atoms with Gasteiger partial charge >= 0.3 is 0 Å². The van der Waals surface area contributed by atoms with E-state index in [1.807, 2.05) is 26.0 Å². The normalized spacial score (nSPS) is 10.3. The van der Waals surface area contributed by atoms with E-state index in [1.165, 1.54) is 6.33 Å². The van der Waals surface area contributed by atoms with Crippen LogP contribution in [0.25, 0.3) is 0 Å². The molecule has 0 unspecified atom stereocenters. The first-order valence-corrected chi connectivity index (χ1v) is 6.34. The average Bonchev–Trinajstić information content (AvgIpc) is 2.87. The van der Waals surface area contributed by atoms with Gasteiger partial charge in [-0.1, -0.05) is 6.07 Å². The lowest BCUT2D eigenvalue weighted by atomic mass is 10.1. The van der Waals surface area contributed by atoms with Gasteiger partial charge in [-0.2, -0.15) is 5.10 Å². The molecule has 0 radical (unpaired) electrons. The summed E-state index contributed by atoms with van der Waals surface area (Å²) in [5.41, 5.74) is 2.23. The van der Waals surface area contributed by atoms with E-state index in [2.05, 4.69) is 21.2 Å². The van der Waals surface area contributed by atoms with Crippen molar-refractivity contribution in [2.24, 2.45) is 0 Å². The second-order valence-electron chi connectivity index (χ2n) is 4.79. The number of ether oxygens (including phenoxy) is 1. The van der Waals surface area contributed by atoms with Crippen molar-refractivity contribution < 1.29 is 9.53 Å². The predicted molar refractivity (Wildman–Crippen MR) is 74.3 cm³/mol. The molecule has 0 fully saturated rings. The second-order valence-corrected chi connectivity index (χ2v) is 4.79. The Morgan fingerprint density at radius 1 is 1.30 bits per heavy atom. The van der Waals surface area contributed by atoms with Crippen molar-refractivity contribution in [3.63, 3.8) is 0 Å². The summed E-state index contributed by atoms with van der Waals surface area (Å²) in [6, 6.07) is 5.89. The van der Waals surface area contributed by atoms with Crippen LogP contribution in [0.5, 0.6) is 5.75 Å². The van der Waals surface area contributed by atoms with Crippen LogP contribution in [0, 0.1) is 13.8 Å². The van der Waals surface area contributed by atoms with Crippen molar-refractivity contribution >= 4 is 5.91 Å². The smallest absolute Gasteiger partial charge is 0.260 e. The quantitative estimate of drug-likeness (QED) is 0.896. The number of aromatic amines is 1. The van der Waals surface area contributed by atoms with Crippen molar-refractivity contribution in [1.82, 2.24) is 20.1 Å². The minimum absolute atomic E-state index is 0.00747. The van der Waals surface area contributed by atoms with Crippen molar-refractivity contribution in [1.29, 1.82) is 0 Å². The first-order valence-electron chi connectivity index (χ1n) is 6.34. The number of H-pyrrole nitrogens is 1. The standard InChI is InChI=1S/C14H18N4O2/c1-10-4-11(2)6-12(5-10)20-8-14(19)18(3)7-13-15-9-16-17-13/h4-6,9H,7-8H2,1-3H3,(H,15,16,17). The molecule has 0 saturated heterocycles. The number of benzene rings is 1. The van der Waals surface area contributed by atoms with E-state index in [0.29, 0.717) is 18.1 Å². The molecule has 0 saturated carbocycles. The third-order valence-electron chi connectivity index (χ3n) is 2.84. The summed E-state index contributed by atoms with van der Waals surface area (Å²) in [6.45, 7) is 4.39. The minimum Gasteiger partial charge on any atom is -0.484 e. The minimum atomic E-state index is -0.111. The third-order valence-corrected chi connectivity index (χ3v) is 2.84. The van der Waals surface area contributed by atoms with Crippen LogP contribution in [0.4, 0.5) is 0 Å². The molecule has 1 amide bonds. The molecule has 2 aromatic rings. The molecule has 0 aliphatic heterocycles. The van der Waals surface area contributed by atoms with Gasteiger partial charge in [0.2, 0.25) is 0 Å². The number of rotatable bonds is 5. The van der Waals surface area contributed by atoms with E-state index < -0.39 is 0 Å². The number of hydrogen-bond acceptors (Lipinski definition) is 4. The lowest BCUT2D eigenvalue weighted by Crippen LogP contribution is -2.31. The summed E-state index contributed by atoms with van der Waals surface area (Å²) in [5.74, 6) is 1.25. The fraction of sp³-hybridized carbons (Fsp3) is 0.357. The predicted octanol–water partition coefficient (Wildman–Crippen LogP) is 1.46. The van der Waals surface area contributed by atoms with Gasteiger partial charge < -0.3 is 9.64 Å². The number of likely N-dealkylation sites (N-methyl/N-ethyl adjacent to an activating group) is 1. The van der Waals surface area contributed by atoms with Crippen LogP contribution in [-0.2, 0) is 11.3 Å². The van der Waals surface area contributed by atoms with Gasteiger partial charge in [0, 0.05) is 7.05 Å². The van der Waals surface area contributed by atoms with E-state index in [-0.39, 0.29) is 12.5 Å². The van der Waals surface area contributed by atoms with Crippen molar-refractivity contribution in [2.75, 3.05) is 13.7 Å². The highest BCUT2D eigenvalue weighted by Crippen LogP contribution is 2.16. The lowest BCUT2D eigenvalue weighted by molar-refractivity contribution is -0.132. The highest BCUT2D eigenvalue weighted by molar-refractivity contribution is 5.77. The zero-order valence-corrected chi connectivity index (χ0v) is 11.9. The molecule has 1 heterocycles. The van der Waals surface area contributed by atoms with Crippen LogP contribution in [0.2, 0.25) is 0 Å². The van der Waals surface area contributed by atoms with Gasteiger partial charge in [0.25, 0.3) is 5.91 Å². The number of hydrogen-bond donors (Lipinski definition) is 1. The van der Waals surface area contributed by atoms with Crippen LogP contribution in [0.15, 0.2) is 24.5 Å². The van der Waals surface area contributed by atoms with Gasteiger partial charge in [-0.3, -0.25) is 9.89 Å². The number of aryl methyl sites for hydroxylation is 2. The first kappa shape index (κ1) is 14.0. The summed E-state index contributed by atoms with van der Waals surface area (Å²) < 4.78 is 5.53. The Hall–Kier alpha value is -2.37. The molecule has 20 heavy (non-hydrogen) atoms. The van der Waals surface area contributed by atoms with Crippen LogP contribution >= 0.6 is 0 Å². The van der Waals surface area contributed by atoms with Gasteiger partial charge in [0.05, 0.1) is 6.54 Å². The molecule has 1 aromatic carbocycles. The molecule has 106 valence electrons. The van der Waals surface area contributed by atoms with Crippen LogP contribution in [-0.4, -0.2) is 39.6 Å². The Morgan fingerprint density at radius 3 is 2.60 bits per heavy atom. The Balaban J connectivity index is 1.88. The molecule has 0 aliphatic carbocycles. The molecule has 1 aromatic heterocycles. The number of carbonyl (C=O) groups excluding carboxylic acids is 1. The number of carbonyl (C=O) groups is 1. The maximum atomic E-state index is 12.0. The monoisotopic (exact) mass is 274 g/mol. The van der Waals surface area contributed by atoms with Crippen molar-refractivity contribution in [2.45, 2.75) is 20.4 Å². The van der Waals surface area contributed by atoms with Gasteiger partial charge in [0.1, 0.15) is 17.9 Å². The number of aromatic nitrogens is 3. The van der Waals surface area contributed by atoms with E-state index in [4.69, 9.17) is 4.74 Å². The lowest BCUT2D eigenvalue weighted by Gasteiger charge is -2.16. The van der Waals surface area contributed by atoms with Crippen LogP contribution in [0.3, 0.4) is 0 Å². The van der Waals surface area contributed by atoms with E-state index in [1.54, 1.807) is 11.9 Å². The molecule has 0 bridgehead atoms. The molecule has 1 N–H and O–H groups in total. The molecule has 0 atom stereocenters. The Kier molecular flexibility index (Phi) is 4.34. The molecule has 6 nitrogen and oxygen atoms in total. The summed E-state index contributed by atoms with van der Waals surface area (Å²) in [4.78, 5) is 17.5. The van der Waals surface area contributed by atoms with E-state index in [9.17, 15) is 4.79 Å². The maximum Gasteiger partial charge on any atom is 0.260 e. The van der Waals surface area contributed by atoms with Crippen molar-refractivity contribution in [3.05, 3.63) is 41.5 Å². The average molecular weight is 274 g/mol. The van der Waals surface area contributed by atoms with E-state index in [0.717, 1.165) is 11.1 Å². The maximum absolute atomic E-state index is 12.0. The Bertz CT molecular complexity index is 561. The molecule has 0 spiro atoms. The van der Waals surface area contributed by atoms with Crippen LogP contribution < -0.4 is 4.74 Å². The third kappa shape index (κ3) is 3.81. The number of nitrogens with zero attached hydrogens (tertiary/aromatic N) is 3. The Morgan fingerprint density at radius 2 is 2.00 bits per heavy atom. The van der Waals surface area contributed by atoms with E-state index >= 15 is 0 Å². The SMILES string of the molecule is Cc1cc(C)cc(OCC(=O)N(C)Cc2ncn[nH]2)c1. The van der Waals surface area contributed by atoms with Gasteiger partial charge in [0.15, 0.2) is 6.61 Å². The molecular weight excluding hydrogens is 256 g/mol. The zero-order chi connectivity index (χ0) is 14.5.